The van der Waals surface area contributed by atoms with Gasteiger partial charge in [0.25, 0.3) is 0 Å². The Hall–Kier alpha value is -3.14. The first-order chi connectivity index (χ1) is 13.6. The first kappa shape index (κ1) is 18.2. The standard InChI is InChI=1S/C24H25N2O2/c1-4-26(5-2)21-13-10-18-14-19(24(27)28-23(18)16-21)11-12-20-15-17-8-6-7-9-22(17)25(20)3/h6-14,16H,4-5,15H2,1-3H3/q+1. The Morgan fingerprint density at radius 2 is 1.86 bits per heavy atom. The Balaban J connectivity index is 1.66. The van der Waals surface area contributed by atoms with Gasteiger partial charge in [-0.2, -0.15) is 4.58 Å². The summed E-state index contributed by atoms with van der Waals surface area (Å²) in [6, 6.07) is 16.3. The first-order valence-corrected chi connectivity index (χ1v) is 9.79. The summed E-state index contributed by atoms with van der Waals surface area (Å²) in [5.74, 6) is 0. The Kier molecular flexibility index (Phi) is 4.86. The van der Waals surface area contributed by atoms with Crippen LogP contribution in [0, 0.1) is 0 Å². The molecule has 0 aliphatic carbocycles. The number of anilines is 1. The molecule has 0 atom stereocenters. The van der Waals surface area contributed by atoms with Crippen molar-refractivity contribution in [1.82, 2.24) is 0 Å². The molecule has 28 heavy (non-hydrogen) atoms. The number of allylic oxidation sites excluding steroid dienone is 1. The Morgan fingerprint density at radius 1 is 1.07 bits per heavy atom. The fraction of sp³-hybridized carbons (Fsp3) is 0.250. The smallest absolute Gasteiger partial charge is 0.343 e. The molecule has 0 fully saturated rings. The largest absolute Gasteiger partial charge is 0.422 e. The number of para-hydroxylation sites is 1. The van der Waals surface area contributed by atoms with Crippen molar-refractivity contribution in [3.05, 3.63) is 76.2 Å². The number of hydrogen-bond donors (Lipinski definition) is 0. The van der Waals surface area contributed by atoms with Crippen molar-refractivity contribution in [3.8, 4) is 0 Å². The highest BCUT2D eigenvalue weighted by atomic mass is 16.4. The van der Waals surface area contributed by atoms with Crippen molar-refractivity contribution in [2.45, 2.75) is 20.3 Å². The van der Waals surface area contributed by atoms with Gasteiger partial charge in [0.05, 0.1) is 12.0 Å². The highest BCUT2D eigenvalue weighted by Gasteiger charge is 2.24. The van der Waals surface area contributed by atoms with Gasteiger partial charge in [-0.25, -0.2) is 4.79 Å². The van der Waals surface area contributed by atoms with Gasteiger partial charge in [-0.3, -0.25) is 0 Å². The topological polar surface area (TPSA) is 36.5 Å². The monoisotopic (exact) mass is 373 g/mol. The molecule has 0 radical (unpaired) electrons. The van der Waals surface area contributed by atoms with E-state index in [1.807, 2.05) is 36.4 Å². The van der Waals surface area contributed by atoms with E-state index < -0.39 is 0 Å². The molecular weight excluding hydrogens is 348 g/mol. The van der Waals surface area contributed by atoms with Crippen molar-refractivity contribution in [2.75, 3.05) is 25.0 Å². The van der Waals surface area contributed by atoms with Crippen LogP contribution in [0.3, 0.4) is 0 Å². The average Bonchev–Trinajstić information content (AvgIpc) is 3.03. The highest BCUT2D eigenvalue weighted by molar-refractivity contribution is 5.99. The van der Waals surface area contributed by atoms with Gasteiger partial charge in [0, 0.05) is 47.9 Å². The lowest BCUT2D eigenvalue weighted by Crippen LogP contribution is -2.21. The minimum absolute atomic E-state index is 0.306. The predicted octanol–water partition coefficient (Wildman–Crippen LogP) is 4.62. The molecule has 3 aromatic rings. The van der Waals surface area contributed by atoms with Crippen LogP contribution in [0.5, 0.6) is 0 Å². The fourth-order valence-electron chi connectivity index (χ4n) is 3.83. The van der Waals surface area contributed by atoms with Crippen LogP contribution in [0.4, 0.5) is 11.4 Å². The number of rotatable bonds is 5. The number of nitrogens with zero attached hydrogens (tertiary/aromatic N) is 2. The van der Waals surface area contributed by atoms with Crippen molar-refractivity contribution in [2.24, 2.45) is 0 Å². The zero-order chi connectivity index (χ0) is 19.7. The summed E-state index contributed by atoms with van der Waals surface area (Å²) >= 11 is 0. The summed E-state index contributed by atoms with van der Waals surface area (Å²) in [7, 11) is 2.06. The zero-order valence-electron chi connectivity index (χ0n) is 16.6. The molecule has 1 aliphatic rings. The molecule has 0 bridgehead atoms. The van der Waals surface area contributed by atoms with Gasteiger partial charge < -0.3 is 9.32 Å². The Bertz CT molecular complexity index is 1150. The van der Waals surface area contributed by atoms with Crippen LogP contribution in [-0.4, -0.2) is 30.4 Å². The lowest BCUT2D eigenvalue weighted by molar-refractivity contribution is -0.400. The second kappa shape index (κ2) is 7.47. The molecule has 0 amide bonds. The van der Waals surface area contributed by atoms with Gasteiger partial charge in [0.2, 0.25) is 5.69 Å². The molecule has 0 unspecified atom stereocenters. The van der Waals surface area contributed by atoms with E-state index in [1.165, 1.54) is 11.3 Å². The van der Waals surface area contributed by atoms with E-state index in [-0.39, 0.29) is 5.63 Å². The minimum atomic E-state index is -0.306. The molecule has 4 rings (SSSR count). The zero-order valence-corrected chi connectivity index (χ0v) is 16.6. The highest BCUT2D eigenvalue weighted by Crippen LogP contribution is 2.25. The lowest BCUT2D eigenvalue weighted by Gasteiger charge is -2.20. The van der Waals surface area contributed by atoms with Gasteiger partial charge in [-0.15, -0.1) is 0 Å². The summed E-state index contributed by atoms with van der Waals surface area (Å²) < 4.78 is 7.79. The van der Waals surface area contributed by atoms with Crippen molar-refractivity contribution in [1.29, 1.82) is 0 Å². The SMILES string of the molecule is CCN(CC)c1ccc2cc(/C=C/C3=[N+](C)c4ccccc4C3)c(=O)oc2c1. The third-order valence-corrected chi connectivity index (χ3v) is 5.49. The summed E-state index contributed by atoms with van der Waals surface area (Å²) in [6.07, 6.45) is 4.75. The van der Waals surface area contributed by atoms with E-state index in [9.17, 15) is 4.79 Å². The quantitative estimate of drug-likeness (QED) is 0.483. The molecule has 4 heteroatoms. The number of hydrogen-bond acceptors (Lipinski definition) is 3. The molecule has 1 aromatic heterocycles. The predicted molar refractivity (Wildman–Crippen MR) is 116 cm³/mol. The molecule has 1 aliphatic heterocycles. The molecule has 0 N–H and O–H groups in total. The third kappa shape index (κ3) is 3.26. The molecular formula is C24H25N2O2+. The van der Waals surface area contributed by atoms with E-state index in [0.717, 1.165) is 36.3 Å². The second-order valence-corrected chi connectivity index (χ2v) is 7.07. The maximum absolute atomic E-state index is 12.5. The molecule has 2 aromatic carbocycles. The molecule has 4 nitrogen and oxygen atoms in total. The second-order valence-electron chi connectivity index (χ2n) is 7.07. The maximum Gasteiger partial charge on any atom is 0.343 e. The summed E-state index contributed by atoms with van der Waals surface area (Å²) in [4.78, 5) is 14.7. The minimum Gasteiger partial charge on any atom is -0.422 e. The average molecular weight is 373 g/mol. The van der Waals surface area contributed by atoms with Crippen LogP contribution in [-0.2, 0) is 6.42 Å². The molecule has 0 spiro atoms. The van der Waals surface area contributed by atoms with Gasteiger partial charge in [-0.1, -0.05) is 18.2 Å². The van der Waals surface area contributed by atoms with Crippen LogP contribution in [0.15, 0.2) is 63.8 Å². The van der Waals surface area contributed by atoms with Crippen LogP contribution < -0.4 is 10.5 Å². The molecule has 0 saturated carbocycles. The Labute approximate surface area is 165 Å². The van der Waals surface area contributed by atoms with Crippen molar-refractivity contribution >= 4 is 34.1 Å². The van der Waals surface area contributed by atoms with E-state index in [0.29, 0.717) is 11.1 Å². The van der Waals surface area contributed by atoms with E-state index in [1.54, 1.807) is 0 Å². The van der Waals surface area contributed by atoms with Crippen LogP contribution >= 0.6 is 0 Å². The van der Waals surface area contributed by atoms with Crippen LogP contribution in [0.25, 0.3) is 17.0 Å². The maximum atomic E-state index is 12.5. The third-order valence-electron chi connectivity index (χ3n) is 5.49. The summed E-state index contributed by atoms with van der Waals surface area (Å²) in [5, 5.41) is 0.934. The lowest BCUT2D eigenvalue weighted by atomic mass is 10.1. The van der Waals surface area contributed by atoms with E-state index in [2.05, 4.69) is 54.6 Å². The molecule has 0 saturated heterocycles. The van der Waals surface area contributed by atoms with Gasteiger partial charge >= 0.3 is 5.63 Å². The fourth-order valence-corrected chi connectivity index (χ4v) is 3.83. The van der Waals surface area contributed by atoms with Crippen LogP contribution in [0.2, 0.25) is 0 Å². The van der Waals surface area contributed by atoms with E-state index >= 15 is 0 Å². The van der Waals surface area contributed by atoms with Crippen molar-refractivity contribution in [3.63, 3.8) is 0 Å². The van der Waals surface area contributed by atoms with Gasteiger partial charge in [-0.05, 0) is 38.1 Å². The summed E-state index contributed by atoms with van der Waals surface area (Å²) in [6.45, 7) is 6.07. The molecule has 2 heterocycles. The Morgan fingerprint density at radius 3 is 2.61 bits per heavy atom. The molecule has 142 valence electrons. The normalized spacial score (nSPS) is 13.5. The number of benzene rings is 2. The van der Waals surface area contributed by atoms with E-state index in [4.69, 9.17) is 4.42 Å². The summed E-state index contributed by atoms with van der Waals surface area (Å²) in [5.41, 5.74) is 5.65. The first-order valence-electron chi connectivity index (χ1n) is 9.79. The van der Waals surface area contributed by atoms with Crippen molar-refractivity contribution < 1.29 is 8.99 Å². The van der Waals surface area contributed by atoms with Gasteiger partial charge in [0.15, 0.2) is 5.71 Å². The van der Waals surface area contributed by atoms with Crippen LogP contribution in [0.1, 0.15) is 25.0 Å². The van der Waals surface area contributed by atoms with Gasteiger partial charge in [0.1, 0.15) is 12.6 Å². The number of fused-ring (bicyclic) bond motifs is 2.